The highest BCUT2D eigenvalue weighted by atomic mass is 35.5. The van der Waals surface area contributed by atoms with Gasteiger partial charge in [0, 0.05) is 25.6 Å². The minimum atomic E-state index is -4.29. The molecule has 0 aromatic carbocycles. The summed E-state index contributed by atoms with van der Waals surface area (Å²) in [6, 6.07) is -0.115. The van der Waals surface area contributed by atoms with Gasteiger partial charge in [-0.15, -0.1) is 12.4 Å². The third-order valence-corrected chi connectivity index (χ3v) is 5.11. The number of nitrogens with zero attached hydrogens (tertiary/aromatic N) is 1. The molecule has 0 saturated carbocycles. The van der Waals surface area contributed by atoms with E-state index >= 15 is 0 Å². The van der Waals surface area contributed by atoms with Crippen molar-refractivity contribution in [2.75, 3.05) is 25.4 Å². The summed E-state index contributed by atoms with van der Waals surface area (Å²) < 4.78 is 61.8. The molecule has 0 amide bonds. The predicted octanol–water partition coefficient (Wildman–Crippen LogP) is 2.15. The number of nitrogens with one attached hydrogen (secondary N) is 1. The number of hydrogen-bond acceptors (Lipinski definition) is 3. The average Bonchev–Trinajstić information content (AvgIpc) is 2.76. The topological polar surface area (TPSA) is 49.4 Å². The molecule has 1 aliphatic rings. The normalized spacial score (nSPS) is 20.1. The lowest BCUT2D eigenvalue weighted by molar-refractivity contribution is -0.134. The summed E-state index contributed by atoms with van der Waals surface area (Å²) in [4.78, 5) is 0. The fourth-order valence-corrected chi connectivity index (χ4v) is 4.07. The lowest BCUT2D eigenvalue weighted by atomic mass is 10.2. The maximum atomic E-state index is 12.1. The lowest BCUT2D eigenvalue weighted by Gasteiger charge is -2.27. The Morgan fingerprint density at radius 1 is 1.35 bits per heavy atom. The summed E-state index contributed by atoms with van der Waals surface area (Å²) in [6.07, 6.45) is -4.32. The van der Waals surface area contributed by atoms with E-state index in [0.717, 1.165) is 13.0 Å². The van der Waals surface area contributed by atoms with Gasteiger partial charge in [-0.3, -0.25) is 0 Å². The first-order valence-corrected chi connectivity index (χ1v) is 8.14. The van der Waals surface area contributed by atoms with Gasteiger partial charge in [-0.05, 0) is 25.8 Å². The zero-order chi connectivity index (χ0) is 14.5. The van der Waals surface area contributed by atoms with E-state index in [1.165, 1.54) is 4.31 Å². The van der Waals surface area contributed by atoms with Crippen LogP contribution in [0.15, 0.2) is 0 Å². The number of sulfonamides is 1. The second-order valence-electron chi connectivity index (χ2n) is 4.79. The zero-order valence-corrected chi connectivity index (χ0v) is 13.1. The Hall–Kier alpha value is -0.0500. The van der Waals surface area contributed by atoms with Crippen LogP contribution in [0.5, 0.6) is 0 Å². The number of halogens is 4. The summed E-state index contributed by atoms with van der Waals surface area (Å²) >= 11 is 0. The minimum absolute atomic E-state index is 0. The molecule has 1 saturated heterocycles. The molecule has 0 aromatic rings. The second kappa shape index (κ2) is 8.41. The number of hydrogen-bond donors (Lipinski definition) is 1. The number of rotatable bonds is 7. The molecule has 9 heteroatoms. The first-order chi connectivity index (χ1) is 8.76. The van der Waals surface area contributed by atoms with Crippen molar-refractivity contribution in [2.24, 2.45) is 0 Å². The molecule has 1 atom stereocenters. The Bertz CT molecular complexity index is 370. The monoisotopic (exact) mass is 338 g/mol. The molecule has 1 unspecified atom stereocenters. The van der Waals surface area contributed by atoms with Crippen molar-refractivity contribution >= 4 is 22.4 Å². The van der Waals surface area contributed by atoms with Gasteiger partial charge in [-0.25, -0.2) is 8.42 Å². The Kier molecular flexibility index (Phi) is 8.39. The van der Waals surface area contributed by atoms with E-state index in [2.05, 4.69) is 5.32 Å². The van der Waals surface area contributed by atoms with Gasteiger partial charge in [0.05, 0.1) is 5.75 Å². The van der Waals surface area contributed by atoms with E-state index in [0.29, 0.717) is 19.5 Å². The molecule has 1 rings (SSSR count). The zero-order valence-electron chi connectivity index (χ0n) is 11.4. The van der Waals surface area contributed by atoms with Crippen LogP contribution in [-0.4, -0.2) is 50.3 Å². The average molecular weight is 339 g/mol. The van der Waals surface area contributed by atoms with E-state index < -0.39 is 28.4 Å². The molecule has 0 aliphatic carbocycles. The Morgan fingerprint density at radius 2 is 2.00 bits per heavy atom. The maximum absolute atomic E-state index is 12.1. The summed E-state index contributed by atoms with van der Waals surface area (Å²) in [7, 11) is -3.60. The maximum Gasteiger partial charge on any atom is 0.389 e. The van der Waals surface area contributed by atoms with Crippen molar-refractivity contribution in [1.82, 2.24) is 9.62 Å². The van der Waals surface area contributed by atoms with Gasteiger partial charge in [0.2, 0.25) is 10.0 Å². The molecule has 0 bridgehead atoms. The van der Waals surface area contributed by atoms with E-state index in [-0.39, 0.29) is 24.9 Å². The van der Waals surface area contributed by atoms with Crippen molar-refractivity contribution in [3.8, 4) is 0 Å². The summed E-state index contributed by atoms with van der Waals surface area (Å²) in [6.45, 7) is 3.57. The Morgan fingerprint density at radius 3 is 2.45 bits per heavy atom. The van der Waals surface area contributed by atoms with E-state index in [9.17, 15) is 21.6 Å². The molecule has 0 aromatic heterocycles. The Labute approximate surface area is 124 Å². The number of alkyl halides is 3. The summed E-state index contributed by atoms with van der Waals surface area (Å²) in [5, 5.41) is 3.08. The fraction of sp³-hybridized carbons (Fsp3) is 1.00. The summed E-state index contributed by atoms with van der Waals surface area (Å²) in [5.41, 5.74) is 0. The molecule has 20 heavy (non-hydrogen) atoms. The van der Waals surface area contributed by atoms with Crippen molar-refractivity contribution in [3.05, 3.63) is 0 Å². The first-order valence-electron chi connectivity index (χ1n) is 6.53. The van der Waals surface area contributed by atoms with E-state index in [1.54, 1.807) is 0 Å². The molecular formula is C11H22ClF3N2O2S. The van der Waals surface area contributed by atoms with Gasteiger partial charge in [-0.1, -0.05) is 6.92 Å². The van der Waals surface area contributed by atoms with Gasteiger partial charge in [0.25, 0.3) is 0 Å². The highest BCUT2D eigenvalue weighted by Gasteiger charge is 2.33. The second-order valence-corrected chi connectivity index (χ2v) is 6.83. The van der Waals surface area contributed by atoms with Crippen molar-refractivity contribution in [2.45, 2.75) is 44.8 Å². The lowest BCUT2D eigenvalue weighted by Crippen LogP contribution is -2.43. The van der Waals surface area contributed by atoms with Crippen LogP contribution in [0.4, 0.5) is 13.2 Å². The molecule has 1 N–H and O–H groups in total. The van der Waals surface area contributed by atoms with Gasteiger partial charge in [0.1, 0.15) is 0 Å². The Balaban J connectivity index is 0.00000361. The standard InChI is InChI=1S/C11H21F3N2O2S.ClH/c1-2-7-16(10-4-6-15-9-10)19(17,18)8-3-5-11(12,13)14;/h10,15H,2-9H2,1H3;1H. The molecule has 1 fully saturated rings. The molecule has 1 aliphatic heterocycles. The van der Waals surface area contributed by atoms with Crippen molar-refractivity contribution < 1.29 is 21.6 Å². The molecule has 0 spiro atoms. The third kappa shape index (κ3) is 6.60. The fourth-order valence-electron chi connectivity index (χ4n) is 2.23. The molecule has 1 heterocycles. The molecule has 0 radical (unpaired) electrons. The van der Waals surface area contributed by atoms with E-state index in [1.807, 2.05) is 6.92 Å². The highest BCUT2D eigenvalue weighted by Crippen LogP contribution is 2.23. The minimum Gasteiger partial charge on any atom is -0.315 e. The van der Waals surface area contributed by atoms with Crippen LogP contribution in [0.3, 0.4) is 0 Å². The van der Waals surface area contributed by atoms with Gasteiger partial charge in [-0.2, -0.15) is 17.5 Å². The molecule has 122 valence electrons. The summed E-state index contributed by atoms with van der Waals surface area (Å²) in [5.74, 6) is -0.428. The van der Waals surface area contributed by atoms with Crippen LogP contribution in [0.25, 0.3) is 0 Å². The van der Waals surface area contributed by atoms with Crippen LogP contribution in [0, 0.1) is 0 Å². The smallest absolute Gasteiger partial charge is 0.315 e. The first kappa shape index (κ1) is 19.9. The predicted molar refractivity (Wildman–Crippen MR) is 74.6 cm³/mol. The SMILES string of the molecule is CCCN(C1CCNC1)S(=O)(=O)CCCC(F)(F)F.Cl. The van der Waals surface area contributed by atoms with Gasteiger partial charge < -0.3 is 5.32 Å². The molecular weight excluding hydrogens is 317 g/mol. The van der Waals surface area contributed by atoms with Crippen molar-refractivity contribution in [1.29, 1.82) is 0 Å². The van der Waals surface area contributed by atoms with Crippen LogP contribution in [-0.2, 0) is 10.0 Å². The highest BCUT2D eigenvalue weighted by molar-refractivity contribution is 7.89. The largest absolute Gasteiger partial charge is 0.389 e. The quantitative estimate of drug-likeness (QED) is 0.774. The third-order valence-electron chi connectivity index (χ3n) is 3.11. The van der Waals surface area contributed by atoms with Crippen LogP contribution in [0.2, 0.25) is 0 Å². The van der Waals surface area contributed by atoms with Crippen LogP contribution >= 0.6 is 12.4 Å². The van der Waals surface area contributed by atoms with E-state index in [4.69, 9.17) is 0 Å². The van der Waals surface area contributed by atoms with Gasteiger partial charge >= 0.3 is 6.18 Å². The van der Waals surface area contributed by atoms with Gasteiger partial charge in [0.15, 0.2) is 0 Å². The van der Waals surface area contributed by atoms with Crippen LogP contribution < -0.4 is 5.32 Å². The van der Waals surface area contributed by atoms with Crippen LogP contribution in [0.1, 0.15) is 32.6 Å². The van der Waals surface area contributed by atoms with Crippen molar-refractivity contribution in [3.63, 3.8) is 0 Å². The molecule has 4 nitrogen and oxygen atoms in total.